The molecule has 1 amide bonds. The Morgan fingerprint density at radius 1 is 1.48 bits per heavy atom. The van der Waals surface area contributed by atoms with Crippen LogP contribution in [0, 0.1) is 6.92 Å². The Morgan fingerprint density at radius 2 is 2.24 bits per heavy atom. The molecule has 0 fully saturated rings. The Bertz CT molecular complexity index is 668. The van der Waals surface area contributed by atoms with E-state index in [9.17, 15) is 9.59 Å². The molecular weight excluding hydrogens is 296 g/mol. The molecule has 1 aromatic carbocycles. The highest BCUT2D eigenvalue weighted by atomic mass is 35.5. The standard InChI is InChI=1S/C14H13ClN2O4/c1-8-13(16-7-21-8)14(20)17-11(6-12(18)19)9-3-2-4-10(15)5-9/h2-5,7,11H,6H2,1H3,(H,17,20)(H,18,19)/t11-/m1/s1. The molecule has 0 saturated carbocycles. The van der Waals surface area contributed by atoms with Crippen LogP contribution in [0.15, 0.2) is 35.1 Å². The van der Waals surface area contributed by atoms with Gasteiger partial charge in [0, 0.05) is 5.02 Å². The maximum atomic E-state index is 12.1. The van der Waals surface area contributed by atoms with Crippen molar-refractivity contribution in [1.29, 1.82) is 0 Å². The van der Waals surface area contributed by atoms with Crippen LogP contribution in [0.25, 0.3) is 0 Å². The number of carboxylic acids is 1. The average Bonchev–Trinajstić information content (AvgIpc) is 2.83. The van der Waals surface area contributed by atoms with Crippen LogP contribution < -0.4 is 5.32 Å². The van der Waals surface area contributed by atoms with Gasteiger partial charge >= 0.3 is 5.97 Å². The predicted molar refractivity (Wildman–Crippen MR) is 75.2 cm³/mol. The number of rotatable bonds is 5. The lowest BCUT2D eigenvalue weighted by Gasteiger charge is -2.17. The van der Waals surface area contributed by atoms with Crippen LogP contribution in [0.1, 0.15) is 34.3 Å². The van der Waals surface area contributed by atoms with Crippen molar-refractivity contribution in [2.24, 2.45) is 0 Å². The van der Waals surface area contributed by atoms with Crippen molar-refractivity contribution >= 4 is 23.5 Å². The molecule has 1 aromatic heterocycles. The van der Waals surface area contributed by atoms with Gasteiger partial charge in [-0.05, 0) is 24.6 Å². The maximum Gasteiger partial charge on any atom is 0.305 e. The number of benzene rings is 1. The number of hydrogen-bond acceptors (Lipinski definition) is 4. The molecule has 0 radical (unpaired) electrons. The molecule has 1 atom stereocenters. The summed E-state index contributed by atoms with van der Waals surface area (Å²) in [5.41, 5.74) is 0.742. The topological polar surface area (TPSA) is 92.4 Å². The second-order valence-corrected chi connectivity index (χ2v) is 4.87. The Morgan fingerprint density at radius 3 is 2.81 bits per heavy atom. The molecule has 21 heavy (non-hydrogen) atoms. The molecule has 7 heteroatoms. The second kappa shape index (κ2) is 6.41. The van der Waals surface area contributed by atoms with Gasteiger partial charge in [-0.1, -0.05) is 23.7 Å². The number of aryl methyl sites for hydroxylation is 1. The first-order valence-corrected chi connectivity index (χ1v) is 6.53. The zero-order chi connectivity index (χ0) is 15.4. The van der Waals surface area contributed by atoms with E-state index in [0.29, 0.717) is 16.3 Å². The van der Waals surface area contributed by atoms with E-state index < -0.39 is 17.9 Å². The van der Waals surface area contributed by atoms with E-state index in [0.717, 1.165) is 6.39 Å². The van der Waals surface area contributed by atoms with Crippen LogP contribution in [0.3, 0.4) is 0 Å². The Labute approximate surface area is 125 Å². The molecule has 2 rings (SSSR count). The minimum atomic E-state index is -1.03. The Balaban J connectivity index is 2.23. The lowest BCUT2D eigenvalue weighted by atomic mass is 10.0. The van der Waals surface area contributed by atoms with Gasteiger partial charge in [0.05, 0.1) is 12.5 Å². The van der Waals surface area contributed by atoms with Crippen LogP contribution >= 0.6 is 11.6 Å². The highest BCUT2D eigenvalue weighted by molar-refractivity contribution is 6.30. The largest absolute Gasteiger partial charge is 0.481 e. The summed E-state index contributed by atoms with van der Waals surface area (Å²) in [5.74, 6) is -1.16. The van der Waals surface area contributed by atoms with E-state index in [1.807, 2.05) is 0 Å². The molecule has 0 aliphatic heterocycles. The summed E-state index contributed by atoms with van der Waals surface area (Å²) in [5, 5.41) is 12.1. The summed E-state index contributed by atoms with van der Waals surface area (Å²) < 4.78 is 4.96. The third-order valence-electron chi connectivity index (χ3n) is 2.89. The van der Waals surface area contributed by atoms with Crippen molar-refractivity contribution in [3.8, 4) is 0 Å². The molecule has 6 nitrogen and oxygen atoms in total. The van der Waals surface area contributed by atoms with Gasteiger partial charge in [-0.15, -0.1) is 0 Å². The normalized spacial score (nSPS) is 11.9. The van der Waals surface area contributed by atoms with E-state index >= 15 is 0 Å². The van der Waals surface area contributed by atoms with Gasteiger partial charge < -0.3 is 14.8 Å². The quantitative estimate of drug-likeness (QED) is 0.885. The fourth-order valence-corrected chi connectivity index (χ4v) is 2.10. The number of nitrogens with zero attached hydrogens (tertiary/aromatic N) is 1. The van der Waals surface area contributed by atoms with Gasteiger partial charge in [0.25, 0.3) is 5.91 Å². The first-order chi connectivity index (χ1) is 9.97. The minimum Gasteiger partial charge on any atom is -0.481 e. The molecule has 1 heterocycles. The number of carboxylic acid groups (broad SMARTS) is 1. The van der Waals surface area contributed by atoms with Crippen molar-refractivity contribution in [3.63, 3.8) is 0 Å². The second-order valence-electron chi connectivity index (χ2n) is 4.44. The van der Waals surface area contributed by atoms with Crippen LogP contribution in [0.4, 0.5) is 0 Å². The predicted octanol–water partition coefficient (Wildman–Crippen LogP) is 2.58. The number of carbonyl (C=O) groups excluding carboxylic acids is 1. The summed E-state index contributed by atoms with van der Waals surface area (Å²) in [6.45, 7) is 1.60. The van der Waals surface area contributed by atoms with Crippen molar-refractivity contribution in [3.05, 3.63) is 52.7 Å². The van der Waals surface area contributed by atoms with Gasteiger partial charge in [-0.2, -0.15) is 0 Å². The van der Waals surface area contributed by atoms with Gasteiger partial charge in [-0.3, -0.25) is 9.59 Å². The Hall–Kier alpha value is -2.34. The van der Waals surface area contributed by atoms with Crippen molar-refractivity contribution < 1.29 is 19.1 Å². The lowest BCUT2D eigenvalue weighted by Crippen LogP contribution is -2.30. The van der Waals surface area contributed by atoms with Crippen molar-refractivity contribution in [2.45, 2.75) is 19.4 Å². The summed E-state index contributed by atoms with van der Waals surface area (Å²) in [6.07, 6.45) is 0.902. The van der Waals surface area contributed by atoms with Gasteiger partial charge in [0.15, 0.2) is 12.1 Å². The number of oxazole rings is 1. The maximum absolute atomic E-state index is 12.1. The van der Waals surface area contributed by atoms with Crippen LogP contribution in [-0.4, -0.2) is 22.0 Å². The van der Waals surface area contributed by atoms with Crippen molar-refractivity contribution in [2.75, 3.05) is 0 Å². The van der Waals surface area contributed by atoms with E-state index in [1.165, 1.54) is 0 Å². The fourth-order valence-electron chi connectivity index (χ4n) is 1.90. The highest BCUT2D eigenvalue weighted by Gasteiger charge is 2.21. The molecule has 0 spiro atoms. The highest BCUT2D eigenvalue weighted by Crippen LogP contribution is 2.21. The van der Waals surface area contributed by atoms with E-state index in [-0.39, 0.29) is 12.1 Å². The van der Waals surface area contributed by atoms with Crippen molar-refractivity contribution in [1.82, 2.24) is 10.3 Å². The fraction of sp³-hybridized carbons (Fsp3) is 0.214. The minimum absolute atomic E-state index is 0.132. The number of hydrogen-bond donors (Lipinski definition) is 2. The first kappa shape index (κ1) is 15.1. The number of halogens is 1. The molecule has 0 aliphatic carbocycles. The van der Waals surface area contributed by atoms with Gasteiger partial charge in [-0.25, -0.2) is 4.98 Å². The molecule has 2 aromatic rings. The average molecular weight is 309 g/mol. The monoisotopic (exact) mass is 308 g/mol. The summed E-state index contributed by atoms with van der Waals surface area (Å²) >= 11 is 5.90. The number of carbonyl (C=O) groups is 2. The first-order valence-electron chi connectivity index (χ1n) is 6.15. The zero-order valence-electron chi connectivity index (χ0n) is 11.2. The van der Waals surface area contributed by atoms with Crippen LogP contribution in [-0.2, 0) is 4.79 Å². The third kappa shape index (κ3) is 3.82. The zero-order valence-corrected chi connectivity index (χ0v) is 11.9. The van der Waals surface area contributed by atoms with Crippen LogP contribution in [0.2, 0.25) is 5.02 Å². The van der Waals surface area contributed by atoms with E-state index in [4.69, 9.17) is 21.1 Å². The lowest BCUT2D eigenvalue weighted by molar-refractivity contribution is -0.137. The molecule has 110 valence electrons. The summed E-state index contributed by atoms with van der Waals surface area (Å²) in [4.78, 5) is 26.9. The number of nitrogens with one attached hydrogen (secondary N) is 1. The smallest absolute Gasteiger partial charge is 0.305 e. The molecule has 2 N–H and O–H groups in total. The third-order valence-corrected chi connectivity index (χ3v) is 3.13. The molecule has 0 unspecified atom stereocenters. The Kier molecular flexibility index (Phi) is 4.59. The summed E-state index contributed by atoms with van der Waals surface area (Å²) in [6, 6.07) is 5.98. The molecule has 0 bridgehead atoms. The van der Waals surface area contributed by atoms with Gasteiger partial charge in [0.1, 0.15) is 5.76 Å². The van der Waals surface area contributed by atoms with E-state index in [2.05, 4.69) is 10.3 Å². The van der Waals surface area contributed by atoms with E-state index in [1.54, 1.807) is 31.2 Å². The SMILES string of the molecule is Cc1ocnc1C(=O)N[C@H](CC(=O)O)c1cccc(Cl)c1. The van der Waals surface area contributed by atoms with Crippen LogP contribution in [0.5, 0.6) is 0 Å². The molecule has 0 saturated heterocycles. The number of aromatic nitrogens is 1. The molecule has 0 aliphatic rings. The number of aliphatic carboxylic acids is 1. The summed E-state index contributed by atoms with van der Waals surface area (Å²) in [7, 11) is 0. The molecular formula is C14H13ClN2O4. The van der Waals surface area contributed by atoms with Gasteiger partial charge in [0.2, 0.25) is 0 Å². The number of amides is 1.